The van der Waals surface area contributed by atoms with Crippen molar-refractivity contribution < 1.29 is 14.4 Å². The van der Waals surface area contributed by atoms with E-state index in [1.807, 2.05) is 37.3 Å². The van der Waals surface area contributed by atoms with E-state index in [1.165, 1.54) is 17.7 Å². The number of anilines is 1. The van der Waals surface area contributed by atoms with Gasteiger partial charge in [-0.3, -0.25) is 10.1 Å². The molecule has 0 aliphatic rings. The van der Waals surface area contributed by atoms with Gasteiger partial charge in [0.1, 0.15) is 6.61 Å². The third-order valence-corrected chi connectivity index (χ3v) is 4.36. The molecule has 0 aromatic heterocycles. The fraction of sp³-hybridized carbons (Fsp3) is 0.217. The molecule has 3 rings (SSSR count). The number of nitro benzene ring substituents is 1. The summed E-state index contributed by atoms with van der Waals surface area (Å²) in [6.07, 6.45) is 0. The highest BCUT2D eigenvalue weighted by Gasteiger charge is 2.09. The molecule has 0 saturated heterocycles. The molecule has 0 atom stereocenters. The zero-order chi connectivity index (χ0) is 20.6. The highest BCUT2D eigenvalue weighted by atomic mass is 16.6. The Morgan fingerprint density at radius 3 is 2.38 bits per heavy atom. The number of hydrogen-bond acceptors (Lipinski definition) is 5. The van der Waals surface area contributed by atoms with Crippen molar-refractivity contribution in [3.05, 3.63) is 93.5 Å². The summed E-state index contributed by atoms with van der Waals surface area (Å²) in [7, 11) is 0. The average molecular weight is 392 g/mol. The van der Waals surface area contributed by atoms with Crippen LogP contribution in [0.2, 0.25) is 0 Å². The van der Waals surface area contributed by atoms with Crippen LogP contribution in [0.4, 0.5) is 11.4 Å². The Kier molecular flexibility index (Phi) is 6.68. The van der Waals surface area contributed by atoms with Crippen LogP contribution in [-0.4, -0.2) is 11.5 Å². The number of nitrogens with zero attached hydrogens (tertiary/aromatic N) is 1. The summed E-state index contributed by atoms with van der Waals surface area (Å²) in [5, 5.41) is 14.2. The molecular weight excluding hydrogens is 368 g/mol. The van der Waals surface area contributed by atoms with Crippen molar-refractivity contribution >= 4 is 11.4 Å². The predicted molar refractivity (Wildman–Crippen MR) is 114 cm³/mol. The number of hydrogen-bond donors (Lipinski definition) is 1. The van der Waals surface area contributed by atoms with Gasteiger partial charge >= 0.3 is 0 Å². The fourth-order valence-electron chi connectivity index (χ4n) is 2.88. The van der Waals surface area contributed by atoms with E-state index in [-0.39, 0.29) is 5.69 Å². The molecule has 0 amide bonds. The second-order valence-corrected chi connectivity index (χ2v) is 6.65. The highest BCUT2D eigenvalue weighted by molar-refractivity contribution is 5.48. The maximum atomic E-state index is 10.8. The standard InChI is InChI=1S/C23H24N2O4/c1-3-28-23-14-19(15-24-20-6-4-5-17(2)13-20)9-12-22(23)29-16-18-7-10-21(11-8-18)25(26)27/h4-14,24H,3,15-16H2,1-2H3. The second-order valence-electron chi connectivity index (χ2n) is 6.65. The zero-order valence-electron chi connectivity index (χ0n) is 16.6. The van der Waals surface area contributed by atoms with E-state index in [0.717, 1.165) is 16.8 Å². The number of ether oxygens (including phenoxy) is 2. The largest absolute Gasteiger partial charge is 0.490 e. The van der Waals surface area contributed by atoms with E-state index >= 15 is 0 Å². The van der Waals surface area contributed by atoms with E-state index in [0.29, 0.717) is 31.3 Å². The summed E-state index contributed by atoms with van der Waals surface area (Å²) in [4.78, 5) is 10.3. The van der Waals surface area contributed by atoms with E-state index < -0.39 is 4.92 Å². The molecule has 0 aliphatic heterocycles. The summed E-state index contributed by atoms with van der Waals surface area (Å²) >= 11 is 0. The van der Waals surface area contributed by atoms with Crippen molar-refractivity contribution in [1.29, 1.82) is 0 Å². The van der Waals surface area contributed by atoms with Crippen molar-refractivity contribution in [2.24, 2.45) is 0 Å². The first-order valence-electron chi connectivity index (χ1n) is 9.47. The van der Waals surface area contributed by atoms with Crippen LogP contribution >= 0.6 is 0 Å². The Morgan fingerprint density at radius 2 is 1.69 bits per heavy atom. The van der Waals surface area contributed by atoms with Gasteiger partial charge in [0.05, 0.1) is 11.5 Å². The number of rotatable bonds is 9. The second kappa shape index (κ2) is 9.59. The Morgan fingerprint density at radius 1 is 0.931 bits per heavy atom. The summed E-state index contributed by atoms with van der Waals surface area (Å²) in [6, 6.07) is 20.4. The number of benzene rings is 3. The molecule has 0 radical (unpaired) electrons. The lowest BCUT2D eigenvalue weighted by Crippen LogP contribution is -2.03. The first kappa shape index (κ1) is 20.2. The van der Waals surface area contributed by atoms with Gasteiger partial charge in [0, 0.05) is 24.4 Å². The molecule has 3 aromatic rings. The van der Waals surface area contributed by atoms with Gasteiger partial charge in [0.15, 0.2) is 11.5 Å². The van der Waals surface area contributed by atoms with Crippen LogP contribution in [0.15, 0.2) is 66.7 Å². The van der Waals surface area contributed by atoms with E-state index in [1.54, 1.807) is 12.1 Å². The third-order valence-electron chi connectivity index (χ3n) is 4.36. The maximum Gasteiger partial charge on any atom is 0.269 e. The van der Waals surface area contributed by atoms with Crippen molar-refractivity contribution in [3.8, 4) is 11.5 Å². The molecule has 0 spiro atoms. The Labute approximate surface area is 170 Å². The number of aryl methyl sites for hydroxylation is 1. The molecule has 150 valence electrons. The lowest BCUT2D eigenvalue weighted by Gasteiger charge is -2.14. The molecule has 0 saturated carbocycles. The Hall–Kier alpha value is -3.54. The Bertz CT molecular complexity index is 971. The van der Waals surface area contributed by atoms with Gasteiger partial charge in [-0.1, -0.05) is 18.2 Å². The molecule has 0 unspecified atom stereocenters. The summed E-state index contributed by atoms with van der Waals surface area (Å²) < 4.78 is 11.6. The average Bonchev–Trinajstić information content (AvgIpc) is 2.72. The summed E-state index contributed by atoms with van der Waals surface area (Å²) in [6.45, 7) is 5.50. The van der Waals surface area contributed by atoms with Crippen LogP contribution in [-0.2, 0) is 13.2 Å². The highest BCUT2D eigenvalue weighted by Crippen LogP contribution is 2.30. The molecule has 6 heteroatoms. The van der Waals surface area contributed by atoms with Crippen LogP contribution in [0.1, 0.15) is 23.6 Å². The topological polar surface area (TPSA) is 73.6 Å². The fourth-order valence-corrected chi connectivity index (χ4v) is 2.88. The van der Waals surface area contributed by atoms with Crippen LogP contribution in [0.5, 0.6) is 11.5 Å². The van der Waals surface area contributed by atoms with Crippen LogP contribution in [0.25, 0.3) is 0 Å². The predicted octanol–water partition coefficient (Wildman–Crippen LogP) is 5.49. The van der Waals surface area contributed by atoms with Crippen molar-refractivity contribution in [3.63, 3.8) is 0 Å². The van der Waals surface area contributed by atoms with Crippen LogP contribution < -0.4 is 14.8 Å². The molecule has 0 heterocycles. The SMILES string of the molecule is CCOc1cc(CNc2cccc(C)c2)ccc1OCc1ccc([N+](=O)[O-])cc1. The van der Waals surface area contributed by atoms with Crippen molar-refractivity contribution in [1.82, 2.24) is 0 Å². The Balaban J connectivity index is 1.66. The van der Waals surface area contributed by atoms with Gasteiger partial charge < -0.3 is 14.8 Å². The minimum atomic E-state index is -0.415. The van der Waals surface area contributed by atoms with E-state index in [9.17, 15) is 10.1 Å². The first-order valence-corrected chi connectivity index (χ1v) is 9.47. The van der Waals surface area contributed by atoms with Crippen LogP contribution in [0.3, 0.4) is 0 Å². The van der Waals surface area contributed by atoms with Crippen molar-refractivity contribution in [2.75, 3.05) is 11.9 Å². The first-order chi connectivity index (χ1) is 14.0. The minimum Gasteiger partial charge on any atom is -0.490 e. The maximum absolute atomic E-state index is 10.8. The summed E-state index contributed by atoms with van der Waals surface area (Å²) in [5.74, 6) is 1.32. The van der Waals surface area contributed by atoms with Crippen LogP contribution in [0, 0.1) is 17.0 Å². The smallest absolute Gasteiger partial charge is 0.269 e. The molecule has 0 bridgehead atoms. The molecule has 6 nitrogen and oxygen atoms in total. The molecule has 0 fully saturated rings. The quantitative estimate of drug-likeness (QED) is 0.385. The molecule has 29 heavy (non-hydrogen) atoms. The zero-order valence-corrected chi connectivity index (χ0v) is 16.6. The lowest BCUT2D eigenvalue weighted by molar-refractivity contribution is -0.384. The minimum absolute atomic E-state index is 0.0641. The third kappa shape index (κ3) is 5.72. The van der Waals surface area contributed by atoms with Gasteiger partial charge in [-0.25, -0.2) is 0 Å². The van der Waals surface area contributed by atoms with Gasteiger partial charge in [0.25, 0.3) is 5.69 Å². The van der Waals surface area contributed by atoms with Crippen molar-refractivity contribution in [2.45, 2.75) is 27.0 Å². The lowest BCUT2D eigenvalue weighted by atomic mass is 10.1. The van der Waals surface area contributed by atoms with E-state index in [2.05, 4.69) is 24.4 Å². The monoisotopic (exact) mass is 392 g/mol. The van der Waals surface area contributed by atoms with Gasteiger partial charge in [-0.15, -0.1) is 0 Å². The van der Waals surface area contributed by atoms with E-state index in [4.69, 9.17) is 9.47 Å². The molecule has 3 aromatic carbocycles. The molecule has 0 aliphatic carbocycles. The number of non-ortho nitro benzene ring substituents is 1. The molecular formula is C23H24N2O4. The van der Waals surface area contributed by atoms with Gasteiger partial charge in [0.2, 0.25) is 0 Å². The normalized spacial score (nSPS) is 10.4. The van der Waals surface area contributed by atoms with Gasteiger partial charge in [-0.2, -0.15) is 0 Å². The number of nitro groups is 1. The van der Waals surface area contributed by atoms with Gasteiger partial charge in [-0.05, 0) is 66.9 Å². The summed E-state index contributed by atoms with van der Waals surface area (Å²) in [5.41, 5.74) is 4.27. The molecule has 1 N–H and O–H groups in total. The number of nitrogens with one attached hydrogen (secondary N) is 1.